The van der Waals surface area contributed by atoms with Gasteiger partial charge in [-0.05, 0) is 68.0 Å². The number of anilines is 2. The van der Waals surface area contributed by atoms with E-state index in [1.54, 1.807) is 61.5 Å². The van der Waals surface area contributed by atoms with Crippen molar-refractivity contribution in [3.63, 3.8) is 0 Å². The summed E-state index contributed by atoms with van der Waals surface area (Å²) in [5, 5.41) is 9.05. The lowest BCUT2D eigenvalue weighted by atomic mass is 10.1. The molecule has 1 aromatic carbocycles. The minimum atomic E-state index is -0.639. The van der Waals surface area contributed by atoms with Crippen LogP contribution < -0.4 is 10.6 Å². The van der Waals surface area contributed by atoms with E-state index in [0.29, 0.717) is 36.7 Å². The first-order chi connectivity index (χ1) is 20.6. The third-order valence-corrected chi connectivity index (χ3v) is 7.37. The summed E-state index contributed by atoms with van der Waals surface area (Å²) in [5.41, 5.74) is 1.96. The molecule has 0 atom stereocenters. The highest BCUT2D eigenvalue weighted by atomic mass is 32.1. The molecule has 0 bridgehead atoms. The molecule has 10 nitrogen and oxygen atoms in total. The summed E-state index contributed by atoms with van der Waals surface area (Å²) in [6.45, 7) is 10.0. The largest absolute Gasteiger partial charge is 0.444 e. The maximum absolute atomic E-state index is 13.7. The minimum Gasteiger partial charge on any atom is -0.444 e. The van der Waals surface area contributed by atoms with E-state index in [1.807, 2.05) is 5.38 Å². The number of hydrogen-bond donors (Lipinski definition) is 2. The van der Waals surface area contributed by atoms with Crippen LogP contribution in [0.2, 0.25) is 0 Å². The number of nitrogens with zero attached hydrogens (tertiary/aromatic N) is 3. The van der Waals surface area contributed by atoms with E-state index < -0.39 is 17.5 Å². The van der Waals surface area contributed by atoms with Crippen molar-refractivity contribution >= 4 is 40.6 Å². The number of hydrogen-bond acceptors (Lipinski definition) is 8. The zero-order chi connectivity index (χ0) is 30.8. The molecule has 0 spiro atoms. The van der Waals surface area contributed by atoms with Crippen molar-refractivity contribution in [2.45, 2.75) is 45.8 Å². The van der Waals surface area contributed by atoms with Crippen molar-refractivity contribution in [3.8, 4) is 0 Å². The molecule has 1 saturated heterocycles. The molecule has 3 aromatic rings. The number of ketones is 1. The van der Waals surface area contributed by atoms with Gasteiger partial charge < -0.3 is 19.7 Å². The highest BCUT2D eigenvalue weighted by molar-refractivity contribution is 7.08. The van der Waals surface area contributed by atoms with Gasteiger partial charge in [0.05, 0.1) is 18.9 Å². The molecule has 3 heterocycles. The molecule has 1 fully saturated rings. The molecule has 1 aliphatic heterocycles. The number of amides is 3. The molecular weight excluding hydrogens is 573 g/mol. The lowest BCUT2D eigenvalue weighted by Gasteiger charge is -2.28. The maximum Gasteiger partial charge on any atom is 0.412 e. The maximum atomic E-state index is 13.7. The van der Waals surface area contributed by atoms with Gasteiger partial charge in [0.15, 0.2) is 5.78 Å². The van der Waals surface area contributed by atoms with E-state index in [-0.39, 0.29) is 30.5 Å². The number of morpholine rings is 1. The molecular formula is C31H38FN5O5S. The van der Waals surface area contributed by atoms with Gasteiger partial charge in [0.1, 0.15) is 17.1 Å². The Bertz CT molecular complexity index is 1390. The third kappa shape index (κ3) is 10.4. The molecule has 2 N–H and O–H groups in total. The van der Waals surface area contributed by atoms with Crippen LogP contribution in [-0.2, 0) is 22.4 Å². The Balaban J connectivity index is 1.38. The van der Waals surface area contributed by atoms with Gasteiger partial charge in [-0.25, -0.2) is 14.0 Å². The van der Waals surface area contributed by atoms with Gasteiger partial charge in [-0.15, -0.1) is 11.3 Å². The summed E-state index contributed by atoms with van der Waals surface area (Å²) < 4.78 is 24.4. The van der Waals surface area contributed by atoms with Crippen LogP contribution in [0.1, 0.15) is 48.8 Å². The number of carbonyl (C=O) groups excluding carboxylic acids is 3. The van der Waals surface area contributed by atoms with Gasteiger partial charge in [0.25, 0.3) is 0 Å². The zero-order valence-electron chi connectivity index (χ0n) is 24.7. The van der Waals surface area contributed by atoms with Gasteiger partial charge in [-0.1, -0.05) is 12.1 Å². The van der Waals surface area contributed by atoms with Crippen molar-refractivity contribution in [2.75, 3.05) is 50.0 Å². The molecule has 0 saturated carbocycles. The first kappa shape index (κ1) is 32.1. The lowest BCUT2D eigenvalue weighted by Crippen LogP contribution is -2.40. The summed E-state index contributed by atoms with van der Waals surface area (Å²) >= 11 is 1.38. The number of Topliss-reactive ketones (excluding diaryl/α,β-unsaturated/α-hetero) is 1. The molecule has 0 aliphatic carbocycles. The number of urea groups is 1. The normalized spacial score (nSPS) is 13.8. The molecule has 43 heavy (non-hydrogen) atoms. The first-order valence-electron chi connectivity index (χ1n) is 14.2. The van der Waals surface area contributed by atoms with E-state index in [2.05, 4.69) is 20.5 Å². The summed E-state index contributed by atoms with van der Waals surface area (Å²) in [7, 11) is 0. The topological polar surface area (TPSA) is 113 Å². The fourth-order valence-corrected chi connectivity index (χ4v) is 5.27. The minimum absolute atomic E-state index is 0.0602. The van der Waals surface area contributed by atoms with Crippen LogP contribution in [0.5, 0.6) is 0 Å². The number of carbonyl (C=O) groups is 3. The second kappa shape index (κ2) is 15.0. The zero-order valence-corrected chi connectivity index (χ0v) is 25.5. The number of pyridine rings is 1. The number of aromatic nitrogens is 1. The average molecular weight is 612 g/mol. The Morgan fingerprint density at radius 2 is 1.91 bits per heavy atom. The molecule has 3 amide bonds. The third-order valence-electron chi connectivity index (χ3n) is 6.58. The van der Waals surface area contributed by atoms with Crippen LogP contribution in [0.15, 0.2) is 53.4 Å². The first-order valence-corrected chi connectivity index (χ1v) is 15.1. The van der Waals surface area contributed by atoms with Gasteiger partial charge in [0, 0.05) is 56.4 Å². The van der Waals surface area contributed by atoms with E-state index in [1.165, 1.54) is 23.5 Å². The molecule has 1 aliphatic rings. The standard InChI is InChI=1S/C31H38FN5O5S/c1-31(2,3)42-30(40)35-27-21-43-20-23(27)16-28(38)26-9-8-22(18-33-26)19-37(11-5-10-36-12-14-41-15-13-36)29(39)34-25-7-4-6-24(32)17-25/h4,6-9,17-18,20-21H,5,10-16,19H2,1-3H3,(H,34,39)(H,35,40). The lowest BCUT2D eigenvalue weighted by molar-refractivity contribution is 0.0365. The Hall–Kier alpha value is -3.87. The highest BCUT2D eigenvalue weighted by Gasteiger charge is 2.20. The number of rotatable bonds is 11. The highest BCUT2D eigenvalue weighted by Crippen LogP contribution is 2.24. The van der Waals surface area contributed by atoms with Gasteiger partial charge in [-0.3, -0.25) is 20.0 Å². The fourth-order valence-electron chi connectivity index (χ4n) is 4.48. The Morgan fingerprint density at radius 1 is 1.12 bits per heavy atom. The van der Waals surface area contributed by atoms with E-state index in [4.69, 9.17) is 9.47 Å². The van der Waals surface area contributed by atoms with Gasteiger partial charge >= 0.3 is 12.1 Å². The van der Waals surface area contributed by atoms with Crippen LogP contribution in [0.25, 0.3) is 0 Å². The Kier molecular flexibility index (Phi) is 11.2. The second-order valence-electron chi connectivity index (χ2n) is 11.3. The summed E-state index contributed by atoms with van der Waals surface area (Å²) in [5.74, 6) is -0.639. The SMILES string of the molecule is CC(C)(C)OC(=O)Nc1cscc1CC(=O)c1ccc(CN(CCCN2CCOCC2)C(=O)Nc2cccc(F)c2)cn1. The molecule has 4 rings (SSSR count). The van der Waals surface area contributed by atoms with Crippen LogP contribution in [0.4, 0.5) is 25.4 Å². The predicted octanol–water partition coefficient (Wildman–Crippen LogP) is 5.81. The second-order valence-corrected chi connectivity index (χ2v) is 12.0. The van der Waals surface area contributed by atoms with Crippen LogP contribution >= 0.6 is 11.3 Å². The number of nitrogens with one attached hydrogen (secondary N) is 2. The number of halogens is 1. The van der Waals surface area contributed by atoms with Crippen molar-refractivity contribution in [1.29, 1.82) is 0 Å². The van der Waals surface area contributed by atoms with Gasteiger partial charge in [-0.2, -0.15) is 0 Å². The Morgan fingerprint density at radius 3 is 2.60 bits per heavy atom. The number of ether oxygens (including phenoxy) is 2. The monoisotopic (exact) mass is 611 g/mol. The molecule has 0 unspecified atom stereocenters. The fraction of sp³-hybridized carbons (Fsp3) is 0.419. The van der Waals surface area contributed by atoms with E-state index in [0.717, 1.165) is 31.6 Å². The quantitative estimate of drug-likeness (QED) is 0.263. The molecule has 0 radical (unpaired) electrons. The molecule has 230 valence electrons. The van der Waals surface area contributed by atoms with Gasteiger partial charge in [0.2, 0.25) is 0 Å². The van der Waals surface area contributed by atoms with Crippen molar-refractivity contribution < 1.29 is 28.2 Å². The van der Waals surface area contributed by atoms with E-state index in [9.17, 15) is 18.8 Å². The number of thiophene rings is 1. The van der Waals surface area contributed by atoms with E-state index >= 15 is 0 Å². The van der Waals surface area contributed by atoms with Crippen LogP contribution in [0, 0.1) is 5.82 Å². The van der Waals surface area contributed by atoms with Crippen molar-refractivity contribution in [3.05, 3.63) is 76.0 Å². The molecule has 2 aromatic heterocycles. The van der Waals surface area contributed by atoms with Crippen molar-refractivity contribution in [2.24, 2.45) is 0 Å². The number of benzene rings is 1. The summed E-state index contributed by atoms with van der Waals surface area (Å²) in [6.07, 6.45) is 1.81. The molecule has 12 heteroatoms. The van der Waals surface area contributed by atoms with Crippen LogP contribution in [0.3, 0.4) is 0 Å². The predicted molar refractivity (Wildman–Crippen MR) is 164 cm³/mol. The average Bonchev–Trinajstić information content (AvgIpc) is 3.38. The Labute approximate surface area is 255 Å². The van der Waals surface area contributed by atoms with Crippen molar-refractivity contribution in [1.82, 2.24) is 14.8 Å². The summed E-state index contributed by atoms with van der Waals surface area (Å²) in [6, 6.07) is 8.83. The smallest absolute Gasteiger partial charge is 0.412 e. The van der Waals surface area contributed by atoms with Crippen LogP contribution in [-0.4, -0.2) is 77.7 Å². The summed E-state index contributed by atoms with van der Waals surface area (Å²) in [4.78, 5) is 46.7.